The molecule has 1 unspecified atom stereocenters. The molecular weight excluding hydrogens is 547 g/mol. The number of rotatable bonds is 8. The molecule has 0 radical (unpaired) electrons. The van der Waals surface area contributed by atoms with Gasteiger partial charge in [0.05, 0.1) is 24.5 Å². The zero-order valence-electron chi connectivity index (χ0n) is 24.6. The molecule has 6 rings (SSSR count). The van der Waals surface area contributed by atoms with Crippen molar-refractivity contribution in [3.05, 3.63) is 102 Å². The number of anilines is 1. The Morgan fingerprint density at radius 3 is 2.49 bits per heavy atom. The van der Waals surface area contributed by atoms with Crippen molar-refractivity contribution in [3.8, 4) is 11.4 Å². The highest BCUT2D eigenvalue weighted by molar-refractivity contribution is 6.16. The Labute approximate surface area is 250 Å². The predicted octanol–water partition coefficient (Wildman–Crippen LogP) is 5.59. The lowest BCUT2D eigenvalue weighted by Gasteiger charge is -2.45. The van der Waals surface area contributed by atoms with Gasteiger partial charge in [0.25, 0.3) is 5.91 Å². The standard InChI is InChI=1S/C33H35FN6O3/c1-23(2)43-30-14-7-9-25(17-30)20-37-16-15-33(19-24(37)3)31(41)38(32(42)40(33)29-13-8-10-26(34)18-29)21-27-22-39(36-35-27)28-11-5-4-6-12-28/h4-14,17-18,22-24H,15-16,19-21H2,1-3H3/t24-,33?/m0/s1. The smallest absolute Gasteiger partial charge is 0.332 e. The van der Waals surface area contributed by atoms with Gasteiger partial charge in [-0.15, -0.1) is 5.10 Å². The maximum absolute atomic E-state index is 14.4. The van der Waals surface area contributed by atoms with E-state index in [1.165, 1.54) is 21.9 Å². The molecule has 1 spiro atoms. The summed E-state index contributed by atoms with van der Waals surface area (Å²) in [6, 6.07) is 22.9. The van der Waals surface area contributed by atoms with E-state index >= 15 is 0 Å². The van der Waals surface area contributed by atoms with Crippen molar-refractivity contribution in [1.82, 2.24) is 24.8 Å². The molecule has 3 heterocycles. The van der Waals surface area contributed by atoms with Crippen LogP contribution in [0.1, 0.15) is 44.9 Å². The molecule has 2 aliphatic rings. The van der Waals surface area contributed by atoms with Crippen molar-refractivity contribution in [2.24, 2.45) is 0 Å². The van der Waals surface area contributed by atoms with Crippen LogP contribution in [-0.2, 0) is 17.9 Å². The van der Waals surface area contributed by atoms with Crippen molar-refractivity contribution in [3.63, 3.8) is 0 Å². The maximum Gasteiger partial charge on any atom is 0.332 e. The molecule has 3 aromatic carbocycles. The monoisotopic (exact) mass is 582 g/mol. The topological polar surface area (TPSA) is 83.8 Å². The van der Waals surface area contributed by atoms with Crippen LogP contribution in [0.25, 0.3) is 5.69 Å². The van der Waals surface area contributed by atoms with Gasteiger partial charge in [-0.05, 0) is 81.6 Å². The normalized spacial score (nSPS) is 20.9. The number of ether oxygens (including phenoxy) is 1. The van der Waals surface area contributed by atoms with Crippen LogP contribution in [0.4, 0.5) is 14.9 Å². The van der Waals surface area contributed by atoms with Crippen LogP contribution in [0.3, 0.4) is 0 Å². The highest BCUT2D eigenvalue weighted by Gasteiger charge is 2.60. The van der Waals surface area contributed by atoms with E-state index in [1.807, 2.05) is 62.4 Å². The molecule has 4 aromatic rings. The first-order chi connectivity index (χ1) is 20.7. The number of urea groups is 1. The summed E-state index contributed by atoms with van der Waals surface area (Å²) in [5.41, 5.74) is 1.64. The second kappa shape index (κ2) is 11.6. The maximum atomic E-state index is 14.4. The van der Waals surface area contributed by atoms with Crippen LogP contribution in [0.15, 0.2) is 85.1 Å². The van der Waals surface area contributed by atoms with E-state index in [0.717, 1.165) is 17.0 Å². The number of imide groups is 1. The summed E-state index contributed by atoms with van der Waals surface area (Å²) in [4.78, 5) is 33.3. The van der Waals surface area contributed by atoms with Gasteiger partial charge in [-0.1, -0.05) is 41.6 Å². The molecule has 0 bridgehead atoms. The quantitative estimate of drug-likeness (QED) is 0.252. The number of nitrogens with zero attached hydrogens (tertiary/aromatic N) is 6. The van der Waals surface area contributed by atoms with Crippen molar-refractivity contribution >= 4 is 17.6 Å². The van der Waals surface area contributed by atoms with Gasteiger partial charge in [-0.25, -0.2) is 13.9 Å². The summed E-state index contributed by atoms with van der Waals surface area (Å²) in [5, 5.41) is 8.43. The second-order valence-corrected chi connectivity index (χ2v) is 11.6. The molecule has 9 nitrogen and oxygen atoms in total. The Hall–Kier alpha value is -4.57. The number of carbonyl (C=O) groups is 2. The molecule has 2 fully saturated rings. The van der Waals surface area contributed by atoms with E-state index < -0.39 is 17.4 Å². The lowest BCUT2D eigenvalue weighted by Crippen LogP contribution is -2.59. The van der Waals surface area contributed by atoms with E-state index in [9.17, 15) is 14.0 Å². The van der Waals surface area contributed by atoms with E-state index in [-0.39, 0.29) is 24.6 Å². The summed E-state index contributed by atoms with van der Waals surface area (Å²) in [5.74, 6) is 0.0586. The van der Waals surface area contributed by atoms with Gasteiger partial charge in [0.2, 0.25) is 0 Å². The average molecular weight is 583 g/mol. The van der Waals surface area contributed by atoms with Crippen molar-refractivity contribution in [2.45, 2.75) is 64.4 Å². The number of halogens is 1. The predicted molar refractivity (Wildman–Crippen MR) is 160 cm³/mol. The molecule has 1 aromatic heterocycles. The van der Waals surface area contributed by atoms with Crippen LogP contribution >= 0.6 is 0 Å². The molecule has 0 aliphatic carbocycles. The number of carbonyl (C=O) groups excluding carboxylic acids is 2. The van der Waals surface area contributed by atoms with Gasteiger partial charge < -0.3 is 4.74 Å². The molecule has 3 amide bonds. The van der Waals surface area contributed by atoms with Crippen LogP contribution in [0, 0.1) is 5.82 Å². The van der Waals surface area contributed by atoms with E-state index in [1.54, 1.807) is 23.0 Å². The lowest BCUT2D eigenvalue weighted by atomic mass is 9.81. The number of hydrogen-bond donors (Lipinski definition) is 0. The summed E-state index contributed by atoms with van der Waals surface area (Å²) in [7, 11) is 0. The molecule has 2 atom stereocenters. The third-order valence-corrected chi connectivity index (χ3v) is 8.17. The van der Waals surface area contributed by atoms with Crippen molar-refractivity contribution in [1.29, 1.82) is 0 Å². The summed E-state index contributed by atoms with van der Waals surface area (Å²) >= 11 is 0. The number of likely N-dealkylation sites (tertiary alicyclic amines) is 1. The molecule has 222 valence electrons. The Morgan fingerprint density at radius 2 is 1.74 bits per heavy atom. The van der Waals surface area contributed by atoms with Gasteiger partial charge in [0, 0.05) is 24.8 Å². The second-order valence-electron chi connectivity index (χ2n) is 11.6. The fourth-order valence-corrected chi connectivity index (χ4v) is 6.21. The average Bonchev–Trinajstić information content (AvgIpc) is 3.53. The number of hydrogen-bond acceptors (Lipinski definition) is 6. The fourth-order valence-electron chi connectivity index (χ4n) is 6.21. The number of para-hydroxylation sites is 1. The van der Waals surface area contributed by atoms with E-state index in [0.29, 0.717) is 37.3 Å². The third kappa shape index (κ3) is 5.62. The minimum atomic E-state index is -1.14. The van der Waals surface area contributed by atoms with E-state index in [2.05, 4.69) is 28.2 Å². The first kappa shape index (κ1) is 28.5. The molecule has 0 N–H and O–H groups in total. The largest absolute Gasteiger partial charge is 0.491 e. The molecule has 10 heteroatoms. The summed E-state index contributed by atoms with van der Waals surface area (Å²) in [6.07, 6.45) is 2.61. The molecule has 2 saturated heterocycles. The fraction of sp³-hybridized carbons (Fsp3) is 0.333. The van der Waals surface area contributed by atoms with Gasteiger partial charge in [0.1, 0.15) is 22.8 Å². The van der Waals surface area contributed by atoms with E-state index in [4.69, 9.17) is 4.74 Å². The lowest BCUT2D eigenvalue weighted by molar-refractivity contribution is -0.133. The highest BCUT2D eigenvalue weighted by Crippen LogP contribution is 2.43. The van der Waals surface area contributed by atoms with Crippen molar-refractivity contribution in [2.75, 3.05) is 11.4 Å². The Bertz CT molecular complexity index is 1630. The first-order valence-electron chi connectivity index (χ1n) is 14.6. The number of benzene rings is 3. The van der Waals surface area contributed by atoms with Crippen molar-refractivity contribution < 1.29 is 18.7 Å². The minimum absolute atomic E-state index is 0.0290. The zero-order valence-corrected chi connectivity index (χ0v) is 24.6. The Kier molecular flexibility index (Phi) is 7.70. The SMILES string of the molecule is CC(C)Oc1cccc(CN2CCC3(C[C@@H]2C)C(=O)N(Cc2cn(-c4ccccc4)nn2)C(=O)N3c2cccc(F)c2)c1. The Balaban J connectivity index is 1.27. The minimum Gasteiger partial charge on any atom is -0.491 e. The van der Waals surface area contributed by atoms with Gasteiger partial charge in [-0.3, -0.25) is 19.5 Å². The Morgan fingerprint density at radius 1 is 0.977 bits per heavy atom. The van der Waals surface area contributed by atoms with Crippen LogP contribution in [-0.4, -0.2) is 61.0 Å². The highest BCUT2D eigenvalue weighted by atomic mass is 19.1. The molecule has 0 saturated carbocycles. The van der Waals surface area contributed by atoms with Gasteiger partial charge in [-0.2, -0.15) is 0 Å². The van der Waals surface area contributed by atoms with Crippen LogP contribution in [0.5, 0.6) is 5.75 Å². The van der Waals surface area contributed by atoms with Gasteiger partial charge >= 0.3 is 6.03 Å². The molecular formula is C33H35FN6O3. The number of aromatic nitrogens is 3. The van der Waals surface area contributed by atoms with Gasteiger partial charge in [0.15, 0.2) is 0 Å². The molecule has 2 aliphatic heterocycles. The third-order valence-electron chi connectivity index (χ3n) is 8.17. The summed E-state index contributed by atoms with van der Waals surface area (Å²) < 4.78 is 21.9. The molecule has 43 heavy (non-hydrogen) atoms. The van der Waals surface area contributed by atoms with Crippen LogP contribution < -0.4 is 9.64 Å². The number of amides is 3. The zero-order chi connectivity index (χ0) is 30.1. The first-order valence-corrected chi connectivity index (χ1v) is 14.6. The van der Waals surface area contributed by atoms with Crippen LogP contribution in [0.2, 0.25) is 0 Å². The summed E-state index contributed by atoms with van der Waals surface area (Å²) in [6.45, 7) is 7.31. The number of piperidine rings is 1.